The van der Waals surface area contributed by atoms with Crippen LogP contribution in [0.5, 0.6) is 0 Å². The van der Waals surface area contributed by atoms with Gasteiger partial charge in [0, 0.05) is 0 Å². The van der Waals surface area contributed by atoms with E-state index in [1.54, 1.807) is 13.8 Å². The minimum atomic E-state index is -0.680. The van der Waals surface area contributed by atoms with Crippen molar-refractivity contribution in [3.63, 3.8) is 0 Å². The third kappa shape index (κ3) is 6.04. The molecule has 0 aromatic heterocycles. The van der Waals surface area contributed by atoms with Gasteiger partial charge < -0.3 is 18.9 Å². The van der Waals surface area contributed by atoms with Gasteiger partial charge in [0.2, 0.25) is 12.6 Å². The Hall–Kier alpha value is -1.40. The largest absolute Gasteiger partial charge is 0.436 e. The number of rotatable bonds is 6. The van der Waals surface area contributed by atoms with Crippen LogP contribution in [0.4, 0.5) is 0 Å². The maximum Gasteiger partial charge on any atom is 0.312 e. The normalized spacial score (nSPS) is 29.5. The lowest BCUT2D eigenvalue weighted by atomic mass is 9.83. The predicted molar refractivity (Wildman–Crippen MR) is 101 cm³/mol. The summed E-state index contributed by atoms with van der Waals surface area (Å²) in [6, 6.07) is 0. The molecule has 27 heavy (non-hydrogen) atoms. The topological polar surface area (TPSA) is 71.1 Å². The van der Waals surface area contributed by atoms with Crippen molar-refractivity contribution in [1.29, 1.82) is 0 Å². The van der Waals surface area contributed by atoms with Crippen molar-refractivity contribution in [3.8, 4) is 0 Å². The molecule has 0 saturated heterocycles. The van der Waals surface area contributed by atoms with Gasteiger partial charge >= 0.3 is 11.9 Å². The van der Waals surface area contributed by atoms with E-state index in [0.29, 0.717) is 0 Å². The molecule has 0 spiro atoms. The van der Waals surface area contributed by atoms with Gasteiger partial charge in [-0.05, 0) is 73.6 Å². The number of esters is 2. The molecule has 6 atom stereocenters. The van der Waals surface area contributed by atoms with Crippen LogP contribution in [0.1, 0.15) is 61.8 Å². The highest BCUT2D eigenvalue weighted by Crippen LogP contribution is 2.49. The molecule has 0 aromatic carbocycles. The molecule has 2 aliphatic rings. The number of allylic oxidation sites excluding steroid dienone is 2. The van der Waals surface area contributed by atoms with Crippen molar-refractivity contribution < 1.29 is 28.5 Å². The fourth-order valence-electron chi connectivity index (χ4n) is 3.99. The summed E-state index contributed by atoms with van der Waals surface area (Å²) in [5.74, 6) is -1.90. The molecule has 0 amide bonds. The van der Waals surface area contributed by atoms with Crippen LogP contribution in [0.15, 0.2) is 12.2 Å². The van der Waals surface area contributed by atoms with Crippen molar-refractivity contribution in [1.82, 2.24) is 0 Å². The lowest BCUT2D eigenvalue weighted by Gasteiger charge is -2.30. The van der Waals surface area contributed by atoms with E-state index < -0.39 is 47.6 Å². The summed E-state index contributed by atoms with van der Waals surface area (Å²) in [4.78, 5) is 25.6. The Bertz CT molecular complexity index is 532. The fraction of sp³-hybridized carbons (Fsp3) is 0.810. The molecule has 154 valence electrons. The first-order chi connectivity index (χ1) is 12.3. The van der Waals surface area contributed by atoms with Gasteiger partial charge in [-0.25, -0.2) is 0 Å². The number of carbonyl (C=O) groups excluding carboxylic acids is 2. The molecule has 0 radical (unpaired) electrons. The Kier molecular flexibility index (Phi) is 6.42. The summed E-state index contributed by atoms with van der Waals surface area (Å²) < 4.78 is 22.3. The van der Waals surface area contributed by atoms with Crippen LogP contribution in [0, 0.1) is 23.7 Å². The fourth-order valence-corrected chi connectivity index (χ4v) is 3.99. The molecular weight excluding hydrogens is 348 g/mol. The molecular formula is C21H34O6. The van der Waals surface area contributed by atoms with Crippen LogP contribution >= 0.6 is 0 Å². The Labute approximate surface area is 162 Å². The highest BCUT2D eigenvalue weighted by molar-refractivity contribution is 5.84. The Morgan fingerprint density at radius 1 is 0.778 bits per heavy atom. The maximum absolute atomic E-state index is 12.8. The molecule has 0 aliphatic heterocycles. The zero-order valence-electron chi connectivity index (χ0n) is 17.8. The minimum Gasteiger partial charge on any atom is -0.436 e. The SMILES string of the molecule is CC(OC(=O)C1C2C=CC(C2)C1C(=O)OC(C)OC(C)(C)C)OC(C)(C)C. The van der Waals surface area contributed by atoms with Crippen LogP contribution in [0.3, 0.4) is 0 Å². The standard InChI is InChI=1S/C21H34O6/c1-12(26-20(3,4)5)24-18(22)16-14-9-10-15(11-14)17(16)19(23)25-13(2)27-21(6,7)8/h9-10,12-17H,11H2,1-8H3. The first-order valence-corrected chi connectivity index (χ1v) is 9.72. The van der Waals surface area contributed by atoms with Crippen molar-refractivity contribution >= 4 is 11.9 Å². The number of carbonyl (C=O) groups is 2. The van der Waals surface area contributed by atoms with Gasteiger partial charge in [-0.1, -0.05) is 12.2 Å². The second-order valence-corrected chi connectivity index (χ2v) is 9.47. The highest BCUT2D eigenvalue weighted by atomic mass is 16.7. The van der Waals surface area contributed by atoms with Crippen LogP contribution < -0.4 is 0 Å². The molecule has 6 nitrogen and oxygen atoms in total. The number of hydrogen-bond donors (Lipinski definition) is 0. The van der Waals surface area contributed by atoms with Gasteiger partial charge in [0.05, 0.1) is 23.0 Å². The van der Waals surface area contributed by atoms with Gasteiger partial charge in [0.1, 0.15) is 0 Å². The van der Waals surface area contributed by atoms with Gasteiger partial charge in [0.15, 0.2) is 0 Å². The first-order valence-electron chi connectivity index (χ1n) is 9.72. The smallest absolute Gasteiger partial charge is 0.312 e. The highest BCUT2D eigenvalue weighted by Gasteiger charge is 2.53. The van der Waals surface area contributed by atoms with Gasteiger partial charge in [-0.3, -0.25) is 9.59 Å². The van der Waals surface area contributed by atoms with E-state index in [1.165, 1.54) is 0 Å². The van der Waals surface area contributed by atoms with E-state index in [0.717, 1.165) is 6.42 Å². The molecule has 1 saturated carbocycles. The van der Waals surface area contributed by atoms with Gasteiger partial charge in [0.25, 0.3) is 0 Å². The molecule has 2 bridgehead atoms. The zero-order chi connectivity index (χ0) is 20.6. The summed E-state index contributed by atoms with van der Waals surface area (Å²) in [7, 11) is 0. The van der Waals surface area contributed by atoms with E-state index in [4.69, 9.17) is 18.9 Å². The van der Waals surface area contributed by atoms with Crippen LogP contribution in [0.25, 0.3) is 0 Å². The summed E-state index contributed by atoms with van der Waals surface area (Å²) in [5.41, 5.74) is -0.849. The predicted octanol–water partition coefficient (Wildman–Crippen LogP) is 3.83. The lowest BCUT2D eigenvalue weighted by Crippen LogP contribution is -2.39. The molecule has 6 heteroatoms. The monoisotopic (exact) mass is 382 g/mol. The van der Waals surface area contributed by atoms with E-state index in [9.17, 15) is 9.59 Å². The minimum absolute atomic E-state index is 0.000673. The van der Waals surface area contributed by atoms with Crippen LogP contribution in [-0.4, -0.2) is 35.7 Å². The maximum atomic E-state index is 12.8. The molecule has 1 fully saturated rings. The van der Waals surface area contributed by atoms with E-state index in [1.807, 2.05) is 53.7 Å². The number of fused-ring (bicyclic) bond motifs is 2. The Balaban J connectivity index is 2.03. The molecule has 6 unspecified atom stereocenters. The van der Waals surface area contributed by atoms with E-state index >= 15 is 0 Å². The van der Waals surface area contributed by atoms with Crippen molar-refractivity contribution in [2.45, 2.75) is 85.6 Å². The first kappa shape index (κ1) is 21.9. The number of ether oxygens (including phenoxy) is 4. The van der Waals surface area contributed by atoms with Crippen molar-refractivity contribution in [2.24, 2.45) is 23.7 Å². The Morgan fingerprint density at radius 2 is 1.11 bits per heavy atom. The summed E-state index contributed by atoms with van der Waals surface area (Å²) in [5, 5.41) is 0. The van der Waals surface area contributed by atoms with Crippen molar-refractivity contribution in [2.75, 3.05) is 0 Å². The molecule has 2 rings (SSSR count). The molecule has 0 heterocycles. The lowest BCUT2D eigenvalue weighted by molar-refractivity contribution is -0.211. The second kappa shape index (κ2) is 7.92. The quantitative estimate of drug-likeness (QED) is 0.395. The molecule has 0 aromatic rings. The number of hydrogen-bond acceptors (Lipinski definition) is 6. The molecule has 2 aliphatic carbocycles. The van der Waals surface area contributed by atoms with Crippen LogP contribution in [-0.2, 0) is 28.5 Å². The zero-order valence-corrected chi connectivity index (χ0v) is 17.8. The summed E-state index contributed by atoms with van der Waals surface area (Å²) in [6.45, 7) is 14.8. The van der Waals surface area contributed by atoms with Gasteiger partial charge in [-0.15, -0.1) is 0 Å². The van der Waals surface area contributed by atoms with E-state index in [2.05, 4.69) is 0 Å². The third-order valence-electron chi connectivity index (χ3n) is 4.61. The third-order valence-corrected chi connectivity index (χ3v) is 4.61. The second-order valence-electron chi connectivity index (χ2n) is 9.47. The van der Waals surface area contributed by atoms with Crippen molar-refractivity contribution in [3.05, 3.63) is 12.2 Å². The van der Waals surface area contributed by atoms with Crippen LogP contribution in [0.2, 0.25) is 0 Å². The van der Waals surface area contributed by atoms with E-state index in [-0.39, 0.29) is 11.8 Å². The summed E-state index contributed by atoms with van der Waals surface area (Å²) in [6.07, 6.45) is 3.42. The summed E-state index contributed by atoms with van der Waals surface area (Å²) >= 11 is 0. The average molecular weight is 382 g/mol. The average Bonchev–Trinajstić information content (AvgIpc) is 3.02. The van der Waals surface area contributed by atoms with Gasteiger partial charge in [-0.2, -0.15) is 0 Å². The molecule has 0 N–H and O–H groups in total. The Morgan fingerprint density at radius 3 is 1.41 bits per heavy atom.